The van der Waals surface area contributed by atoms with Gasteiger partial charge in [0.2, 0.25) is 5.91 Å². The van der Waals surface area contributed by atoms with E-state index in [4.69, 9.17) is 23.2 Å². The second kappa shape index (κ2) is 8.11. The number of aliphatic carboxylic acids is 1. The predicted molar refractivity (Wildman–Crippen MR) is 110 cm³/mol. The Bertz CT molecular complexity index is 1010. The molecule has 3 rings (SSSR count). The second-order valence-corrected chi connectivity index (χ2v) is 8.66. The molecule has 3 N–H and O–H groups in total. The molecule has 2 aromatic rings. The molecule has 1 aromatic carbocycles. The lowest BCUT2D eigenvalue weighted by Crippen LogP contribution is -2.47. The molecule has 1 aliphatic carbocycles. The zero-order valence-corrected chi connectivity index (χ0v) is 17.5. The highest BCUT2D eigenvalue weighted by Crippen LogP contribution is 2.39. The third-order valence-electron chi connectivity index (χ3n) is 5.03. The third-order valence-corrected chi connectivity index (χ3v) is 6.99. The number of hydrogen-bond donors (Lipinski definition) is 3. The van der Waals surface area contributed by atoms with Crippen LogP contribution in [-0.2, 0) is 9.59 Å². The van der Waals surface area contributed by atoms with Crippen LogP contribution in [0, 0.1) is 11.8 Å². The van der Waals surface area contributed by atoms with E-state index in [1.807, 2.05) is 13.8 Å². The van der Waals surface area contributed by atoms with Crippen LogP contribution in [0.2, 0.25) is 10.0 Å². The monoisotopic (exact) mass is 440 g/mol. The van der Waals surface area contributed by atoms with Crippen molar-refractivity contribution < 1.29 is 19.5 Å². The summed E-state index contributed by atoms with van der Waals surface area (Å²) in [6, 6.07) is 5.23. The number of hydrogen-bond acceptors (Lipinski definition) is 4. The summed E-state index contributed by atoms with van der Waals surface area (Å²) in [6.07, 6.45) is 0.650. The molecule has 1 aliphatic rings. The molecule has 2 atom stereocenters. The van der Waals surface area contributed by atoms with Gasteiger partial charge in [-0.1, -0.05) is 40.4 Å². The summed E-state index contributed by atoms with van der Waals surface area (Å²) in [5, 5.41) is 10.7. The van der Waals surface area contributed by atoms with Crippen molar-refractivity contribution >= 4 is 62.4 Å². The second-order valence-electron chi connectivity index (χ2n) is 6.82. The molecule has 0 radical (unpaired) electrons. The van der Waals surface area contributed by atoms with Gasteiger partial charge in [-0.25, -0.2) is 0 Å². The molecule has 0 spiro atoms. The summed E-state index contributed by atoms with van der Waals surface area (Å²) in [5.41, 5.74) is 6.66. The normalized spacial score (nSPS) is 19.6. The number of fused-ring (bicyclic) bond motifs is 1. The summed E-state index contributed by atoms with van der Waals surface area (Å²) < 4.78 is 0.753. The van der Waals surface area contributed by atoms with Crippen molar-refractivity contribution in [2.75, 3.05) is 0 Å². The third kappa shape index (κ3) is 3.87. The highest BCUT2D eigenvalue weighted by atomic mass is 35.5. The van der Waals surface area contributed by atoms with Crippen LogP contribution in [0.25, 0.3) is 10.1 Å². The number of amides is 2. The maximum Gasteiger partial charge on any atom is 0.307 e. The summed E-state index contributed by atoms with van der Waals surface area (Å²) >= 11 is 13.6. The van der Waals surface area contributed by atoms with Crippen LogP contribution in [0.4, 0.5) is 0 Å². The standard InChI is InChI=1S/C19H18Cl2N2O4S/c1-8-6-10(11(19(26)27)7-9(8)2)17(24)22-23-18(25)16-15(21)14-12(20)4-3-5-13(14)28-16/h3-5,10-11H,6-7H2,1-2H3,(H,22,24)(H,23,25)(H,26,27)/t10-,11-/m1/s1. The Hall–Kier alpha value is -2.09. The number of carbonyl (C=O) groups excluding carboxylic acids is 2. The van der Waals surface area contributed by atoms with Gasteiger partial charge in [-0.15, -0.1) is 11.3 Å². The van der Waals surface area contributed by atoms with Gasteiger partial charge in [0.1, 0.15) is 4.88 Å². The summed E-state index contributed by atoms with van der Waals surface area (Å²) in [4.78, 5) is 36.8. The summed E-state index contributed by atoms with van der Waals surface area (Å²) in [5.74, 6) is -3.73. The predicted octanol–water partition coefficient (Wildman–Crippen LogP) is 4.42. The van der Waals surface area contributed by atoms with Crippen molar-refractivity contribution in [3.8, 4) is 0 Å². The first kappa shape index (κ1) is 20.6. The van der Waals surface area contributed by atoms with E-state index in [1.165, 1.54) is 0 Å². The number of thiophene rings is 1. The lowest BCUT2D eigenvalue weighted by Gasteiger charge is -2.29. The van der Waals surface area contributed by atoms with Crippen molar-refractivity contribution in [3.05, 3.63) is 44.3 Å². The van der Waals surface area contributed by atoms with Crippen molar-refractivity contribution in [3.63, 3.8) is 0 Å². The van der Waals surface area contributed by atoms with Crippen LogP contribution < -0.4 is 10.9 Å². The van der Waals surface area contributed by atoms with E-state index in [0.717, 1.165) is 27.2 Å². The Labute approximate surface area is 175 Å². The van der Waals surface area contributed by atoms with Crippen molar-refractivity contribution in [1.29, 1.82) is 0 Å². The van der Waals surface area contributed by atoms with E-state index >= 15 is 0 Å². The first-order valence-corrected chi connectivity index (χ1v) is 10.1. The van der Waals surface area contributed by atoms with Crippen LogP contribution in [0.3, 0.4) is 0 Å². The zero-order valence-electron chi connectivity index (χ0n) is 15.1. The zero-order chi connectivity index (χ0) is 20.6. The molecule has 0 fully saturated rings. The van der Waals surface area contributed by atoms with Crippen LogP contribution in [0.5, 0.6) is 0 Å². The maximum absolute atomic E-state index is 12.5. The number of nitrogens with one attached hydrogen (secondary N) is 2. The molecule has 1 heterocycles. The average Bonchev–Trinajstić information content (AvgIpc) is 2.99. The number of carboxylic acid groups (broad SMARTS) is 1. The van der Waals surface area contributed by atoms with Crippen LogP contribution >= 0.6 is 34.5 Å². The highest BCUT2D eigenvalue weighted by Gasteiger charge is 2.37. The molecule has 2 amide bonds. The number of halogens is 2. The minimum atomic E-state index is -1.03. The topological polar surface area (TPSA) is 95.5 Å². The molecule has 6 nitrogen and oxygen atoms in total. The SMILES string of the molecule is CC1=C(C)C[C@@H](C(=O)NNC(=O)c2sc3cccc(Cl)c3c2Cl)[C@H](C(=O)O)C1. The molecule has 148 valence electrons. The Kier molecular flexibility index (Phi) is 5.98. The van der Waals surface area contributed by atoms with Crippen molar-refractivity contribution in [2.24, 2.45) is 11.8 Å². The lowest BCUT2D eigenvalue weighted by molar-refractivity contribution is -0.147. The molecule has 0 saturated heterocycles. The van der Waals surface area contributed by atoms with Gasteiger partial charge in [0.25, 0.3) is 5.91 Å². The van der Waals surface area contributed by atoms with Crippen LogP contribution in [-0.4, -0.2) is 22.9 Å². The van der Waals surface area contributed by atoms with Crippen molar-refractivity contribution in [1.82, 2.24) is 10.9 Å². The number of allylic oxidation sites excluding steroid dienone is 2. The van der Waals surface area contributed by atoms with Gasteiger partial charge in [0.05, 0.1) is 21.9 Å². The molecule has 0 aliphatic heterocycles. The Morgan fingerprint density at radius 1 is 1.07 bits per heavy atom. The van der Waals surface area contributed by atoms with Crippen LogP contribution in [0.15, 0.2) is 29.3 Å². The maximum atomic E-state index is 12.5. The van der Waals surface area contributed by atoms with Gasteiger partial charge in [-0.05, 0) is 38.8 Å². The Balaban J connectivity index is 1.74. The number of benzene rings is 1. The first-order chi connectivity index (χ1) is 13.2. The lowest BCUT2D eigenvalue weighted by atomic mass is 9.76. The average molecular weight is 441 g/mol. The van der Waals surface area contributed by atoms with Gasteiger partial charge in [-0.2, -0.15) is 0 Å². The highest BCUT2D eigenvalue weighted by molar-refractivity contribution is 7.21. The first-order valence-electron chi connectivity index (χ1n) is 8.55. The molecule has 1 aromatic heterocycles. The smallest absolute Gasteiger partial charge is 0.307 e. The van der Waals surface area contributed by atoms with E-state index in [-0.39, 0.29) is 9.90 Å². The van der Waals surface area contributed by atoms with E-state index in [0.29, 0.717) is 23.3 Å². The van der Waals surface area contributed by atoms with Crippen molar-refractivity contribution in [2.45, 2.75) is 26.7 Å². The largest absolute Gasteiger partial charge is 0.481 e. The fourth-order valence-electron chi connectivity index (χ4n) is 3.31. The van der Waals surface area contributed by atoms with Gasteiger partial charge in [-0.3, -0.25) is 25.2 Å². The quantitative estimate of drug-likeness (QED) is 0.486. The van der Waals surface area contributed by atoms with E-state index < -0.39 is 29.6 Å². The van der Waals surface area contributed by atoms with E-state index in [1.54, 1.807) is 18.2 Å². The molecule has 0 saturated carbocycles. The van der Waals surface area contributed by atoms with Crippen LogP contribution in [0.1, 0.15) is 36.4 Å². The molecule has 0 bridgehead atoms. The van der Waals surface area contributed by atoms with E-state index in [2.05, 4.69) is 10.9 Å². The summed E-state index contributed by atoms with van der Waals surface area (Å²) in [6.45, 7) is 3.75. The van der Waals surface area contributed by atoms with E-state index in [9.17, 15) is 19.5 Å². The molecule has 28 heavy (non-hydrogen) atoms. The number of carbonyl (C=O) groups is 3. The summed E-state index contributed by atoms with van der Waals surface area (Å²) in [7, 11) is 0. The minimum absolute atomic E-state index is 0.216. The fraction of sp³-hybridized carbons (Fsp3) is 0.316. The fourth-order valence-corrected chi connectivity index (χ4v) is 5.16. The molecule has 0 unspecified atom stereocenters. The van der Waals surface area contributed by atoms with Gasteiger partial charge < -0.3 is 5.11 Å². The molecular weight excluding hydrogens is 423 g/mol. The molecule has 9 heteroatoms. The Morgan fingerprint density at radius 2 is 1.71 bits per heavy atom. The Morgan fingerprint density at radius 3 is 2.32 bits per heavy atom. The van der Waals surface area contributed by atoms with Gasteiger partial charge in [0, 0.05) is 10.1 Å². The minimum Gasteiger partial charge on any atom is -0.481 e. The number of rotatable bonds is 3. The van der Waals surface area contributed by atoms with Gasteiger partial charge >= 0.3 is 5.97 Å². The van der Waals surface area contributed by atoms with Gasteiger partial charge in [0.15, 0.2) is 0 Å². The number of hydrazine groups is 1. The molecular formula is C19H18Cl2N2O4S. The number of carboxylic acids is 1.